The quantitative estimate of drug-likeness (QED) is 0.820. The van der Waals surface area contributed by atoms with Crippen molar-refractivity contribution >= 4 is 29.0 Å². The van der Waals surface area contributed by atoms with E-state index < -0.39 is 0 Å². The number of hydrogen-bond acceptors (Lipinski definition) is 4. The number of carbonyl (C=O) groups is 1. The molecule has 1 aromatic carbocycles. The van der Waals surface area contributed by atoms with Crippen molar-refractivity contribution in [3.05, 3.63) is 46.7 Å². The van der Waals surface area contributed by atoms with Crippen molar-refractivity contribution in [2.75, 3.05) is 25.4 Å². The number of rotatable bonds is 2. The molecule has 3 nitrogen and oxygen atoms in total. The predicted molar refractivity (Wildman–Crippen MR) is 96.0 cm³/mol. The van der Waals surface area contributed by atoms with Crippen molar-refractivity contribution in [2.24, 2.45) is 0 Å². The number of nitrogens with zero attached hydrogens (tertiary/aromatic N) is 1. The molecule has 0 saturated carbocycles. The maximum Gasteiger partial charge on any atom is 0.253 e. The molecule has 2 fully saturated rings. The highest BCUT2D eigenvalue weighted by atomic mass is 32.2. The first-order chi connectivity index (χ1) is 11.3. The molecule has 0 radical (unpaired) electrons. The molecule has 2 aromatic rings. The molecule has 2 aliphatic heterocycles. The molecule has 0 aliphatic carbocycles. The highest BCUT2D eigenvalue weighted by Crippen LogP contribution is 2.41. The molecule has 23 heavy (non-hydrogen) atoms. The zero-order valence-electron chi connectivity index (χ0n) is 12.9. The molecule has 1 aromatic heterocycles. The van der Waals surface area contributed by atoms with Gasteiger partial charge in [-0.25, -0.2) is 0 Å². The first-order valence-electron chi connectivity index (χ1n) is 7.96. The summed E-state index contributed by atoms with van der Waals surface area (Å²) in [4.78, 5) is 14.6. The molecule has 0 N–H and O–H groups in total. The van der Waals surface area contributed by atoms with Gasteiger partial charge in [0.25, 0.3) is 5.91 Å². The van der Waals surface area contributed by atoms with Crippen molar-refractivity contribution in [1.29, 1.82) is 0 Å². The Labute approximate surface area is 144 Å². The molecule has 2 saturated heterocycles. The Morgan fingerprint density at radius 2 is 1.87 bits per heavy atom. The molecule has 3 heterocycles. The number of thioether (sulfide) groups is 1. The lowest BCUT2D eigenvalue weighted by Crippen LogP contribution is -2.45. The minimum Gasteiger partial charge on any atom is -0.363 e. The molecule has 0 bridgehead atoms. The van der Waals surface area contributed by atoms with Crippen LogP contribution in [-0.2, 0) is 4.74 Å². The van der Waals surface area contributed by atoms with Crippen molar-refractivity contribution in [3.8, 4) is 11.1 Å². The Balaban J connectivity index is 1.43. The van der Waals surface area contributed by atoms with Gasteiger partial charge in [0.05, 0.1) is 6.61 Å². The molecule has 120 valence electrons. The summed E-state index contributed by atoms with van der Waals surface area (Å²) in [6, 6.07) is 10.1. The lowest BCUT2D eigenvalue weighted by atomic mass is 10.0. The van der Waals surface area contributed by atoms with E-state index in [0.29, 0.717) is 0 Å². The van der Waals surface area contributed by atoms with Crippen LogP contribution in [0.3, 0.4) is 0 Å². The lowest BCUT2D eigenvalue weighted by molar-refractivity contribution is 0.00353. The average molecular weight is 345 g/mol. The van der Waals surface area contributed by atoms with Gasteiger partial charge in [0.1, 0.15) is 4.93 Å². The smallest absolute Gasteiger partial charge is 0.253 e. The summed E-state index contributed by atoms with van der Waals surface area (Å²) in [5.41, 5.74) is 3.15. The maximum atomic E-state index is 12.7. The molecular weight excluding hydrogens is 326 g/mol. The second kappa shape index (κ2) is 6.30. The normalized spacial score (nSPS) is 20.1. The molecule has 1 amide bonds. The fourth-order valence-electron chi connectivity index (χ4n) is 3.25. The third kappa shape index (κ3) is 3.05. The summed E-state index contributed by atoms with van der Waals surface area (Å²) < 4.78 is 5.90. The Bertz CT molecular complexity index is 666. The predicted octanol–water partition coefficient (Wildman–Crippen LogP) is 4.11. The van der Waals surface area contributed by atoms with Gasteiger partial charge in [-0.2, -0.15) is 11.3 Å². The summed E-state index contributed by atoms with van der Waals surface area (Å²) in [6.45, 7) is 2.43. The fraction of sp³-hybridized carbons (Fsp3) is 0.389. The highest BCUT2D eigenvalue weighted by Gasteiger charge is 2.40. The van der Waals surface area contributed by atoms with Crippen LogP contribution >= 0.6 is 23.1 Å². The second-order valence-electron chi connectivity index (χ2n) is 5.99. The molecule has 0 atom stereocenters. The van der Waals surface area contributed by atoms with Crippen LogP contribution in [0, 0.1) is 0 Å². The Hall–Kier alpha value is -1.30. The summed E-state index contributed by atoms with van der Waals surface area (Å²) in [5, 5.41) is 4.20. The lowest BCUT2D eigenvalue weighted by Gasteiger charge is -2.37. The SMILES string of the molecule is O=C(c1ccc(-c2ccsc2)cc1)N1CCC2(CC1)OCCS2. The second-order valence-corrected chi connectivity index (χ2v) is 8.21. The standard InChI is InChI=1S/C18H19NO2S2/c20-17(19-8-6-18(7-9-19)21-10-12-23-18)15-3-1-14(2-4-15)16-5-11-22-13-16/h1-5,11,13H,6-10,12H2. The molecule has 5 heteroatoms. The van der Waals surface area contributed by atoms with Crippen LogP contribution in [0.1, 0.15) is 23.2 Å². The minimum atomic E-state index is -0.0143. The van der Waals surface area contributed by atoms with Crippen LogP contribution in [0.5, 0.6) is 0 Å². The summed E-state index contributed by atoms with van der Waals surface area (Å²) >= 11 is 3.60. The first-order valence-corrected chi connectivity index (χ1v) is 9.88. The number of likely N-dealkylation sites (tertiary alicyclic amines) is 1. The summed E-state index contributed by atoms with van der Waals surface area (Å²) in [6.07, 6.45) is 1.88. The van der Waals surface area contributed by atoms with Crippen LogP contribution in [0.4, 0.5) is 0 Å². The van der Waals surface area contributed by atoms with E-state index in [1.165, 1.54) is 5.56 Å². The van der Waals surface area contributed by atoms with Crippen LogP contribution < -0.4 is 0 Å². The zero-order valence-corrected chi connectivity index (χ0v) is 14.5. The Kier molecular flexibility index (Phi) is 4.18. The van der Waals surface area contributed by atoms with E-state index in [2.05, 4.69) is 16.8 Å². The number of thiophene rings is 1. The van der Waals surface area contributed by atoms with Crippen LogP contribution in [0.25, 0.3) is 11.1 Å². The Morgan fingerprint density at radius 3 is 2.48 bits per heavy atom. The van der Waals surface area contributed by atoms with E-state index in [0.717, 1.165) is 49.4 Å². The molecule has 0 unspecified atom stereocenters. The molecule has 4 rings (SSSR count). The van der Waals surface area contributed by atoms with Crippen LogP contribution in [0.2, 0.25) is 0 Å². The number of benzene rings is 1. The topological polar surface area (TPSA) is 29.5 Å². The van der Waals surface area contributed by atoms with E-state index in [-0.39, 0.29) is 10.8 Å². The summed E-state index contributed by atoms with van der Waals surface area (Å²) in [7, 11) is 0. The van der Waals surface area contributed by atoms with E-state index in [9.17, 15) is 4.79 Å². The van der Waals surface area contributed by atoms with Crippen molar-refractivity contribution < 1.29 is 9.53 Å². The van der Waals surface area contributed by atoms with E-state index in [4.69, 9.17) is 4.74 Å². The van der Waals surface area contributed by atoms with Gasteiger partial charge in [-0.1, -0.05) is 12.1 Å². The summed E-state index contributed by atoms with van der Waals surface area (Å²) in [5.74, 6) is 1.22. The van der Waals surface area contributed by atoms with Gasteiger partial charge >= 0.3 is 0 Å². The number of piperidine rings is 1. The van der Waals surface area contributed by atoms with Crippen molar-refractivity contribution in [3.63, 3.8) is 0 Å². The maximum absolute atomic E-state index is 12.7. The van der Waals surface area contributed by atoms with Crippen LogP contribution in [-0.4, -0.2) is 41.2 Å². The van der Waals surface area contributed by atoms with Gasteiger partial charge in [0.2, 0.25) is 0 Å². The van der Waals surface area contributed by atoms with E-state index in [1.54, 1.807) is 11.3 Å². The number of carbonyl (C=O) groups excluding carboxylic acids is 1. The Morgan fingerprint density at radius 1 is 1.09 bits per heavy atom. The van der Waals surface area contributed by atoms with E-state index in [1.807, 2.05) is 40.9 Å². The largest absolute Gasteiger partial charge is 0.363 e. The van der Waals surface area contributed by atoms with Gasteiger partial charge in [-0.15, -0.1) is 11.8 Å². The fourth-order valence-corrected chi connectivity index (χ4v) is 5.09. The molecular formula is C18H19NO2S2. The van der Waals surface area contributed by atoms with Gasteiger partial charge in [-0.05, 0) is 40.1 Å². The molecule has 1 spiro atoms. The number of amides is 1. The van der Waals surface area contributed by atoms with Gasteiger partial charge in [0, 0.05) is 37.2 Å². The molecule has 2 aliphatic rings. The minimum absolute atomic E-state index is 0.0143. The first kappa shape index (κ1) is 15.2. The highest BCUT2D eigenvalue weighted by molar-refractivity contribution is 8.00. The van der Waals surface area contributed by atoms with E-state index >= 15 is 0 Å². The van der Waals surface area contributed by atoms with Crippen molar-refractivity contribution in [2.45, 2.75) is 17.8 Å². The van der Waals surface area contributed by atoms with Gasteiger partial charge in [-0.3, -0.25) is 4.79 Å². The zero-order chi connectivity index (χ0) is 15.7. The number of hydrogen-bond donors (Lipinski definition) is 0. The third-order valence-electron chi connectivity index (χ3n) is 4.61. The van der Waals surface area contributed by atoms with Gasteiger partial charge in [0.15, 0.2) is 0 Å². The number of ether oxygens (including phenoxy) is 1. The van der Waals surface area contributed by atoms with Gasteiger partial charge < -0.3 is 9.64 Å². The average Bonchev–Trinajstić information content (AvgIpc) is 3.28. The monoisotopic (exact) mass is 345 g/mol. The third-order valence-corrected chi connectivity index (χ3v) is 6.72. The van der Waals surface area contributed by atoms with Crippen molar-refractivity contribution in [1.82, 2.24) is 4.90 Å². The van der Waals surface area contributed by atoms with Crippen LogP contribution in [0.15, 0.2) is 41.1 Å².